The van der Waals surface area contributed by atoms with E-state index in [1.165, 1.54) is 6.42 Å². The van der Waals surface area contributed by atoms with Crippen LogP contribution in [-0.4, -0.2) is 23.0 Å². The highest BCUT2D eigenvalue weighted by Crippen LogP contribution is 2.37. The van der Waals surface area contributed by atoms with E-state index in [1.807, 2.05) is 6.92 Å². The molecule has 0 aliphatic heterocycles. The van der Waals surface area contributed by atoms with Gasteiger partial charge in [0.25, 0.3) is 0 Å². The lowest BCUT2D eigenvalue weighted by Gasteiger charge is -2.33. The fourth-order valence-corrected chi connectivity index (χ4v) is 4.23. The Balaban J connectivity index is 1.95. The lowest BCUT2D eigenvalue weighted by Crippen LogP contribution is -2.44. The van der Waals surface area contributed by atoms with E-state index in [-0.39, 0.29) is 17.9 Å². The quantitative estimate of drug-likeness (QED) is 0.836. The lowest BCUT2D eigenvalue weighted by atomic mass is 9.80. The van der Waals surface area contributed by atoms with Crippen molar-refractivity contribution < 1.29 is 14.7 Å². The van der Waals surface area contributed by atoms with E-state index in [1.54, 1.807) is 0 Å². The van der Waals surface area contributed by atoms with Gasteiger partial charge < -0.3 is 10.4 Å². The Labute approximate surface area is 121 Å². The third-order valence-electron chi connectivity index (χ3n) is 4.98. The maximum Gasteiger partial charge on any atom is 0.307 e. The van der Waals surface area contributed by atoms with Gasteiger partial charge in [-0.25, -0.2) is 0 Å². The summed E-state index contributed by atoms with van der Waals surface area (Å²) in [5, 5.41) is 12.4. The number of carbonyl (C=O) groups excluding carboxylic acids is 1. The lowest BCUT2D eigenvalue weighted by molar-refractivity contribution is -0.146. The second-order valence-corrected chi connectivity index (χ2v) is 7.25. The third kappa shape index (κ3) is 3.53. The summed E-state index contributed by atoms with van der Waals surface area (Å²) in [6.45, 7) is 6.49. The number of nitrogens with one attached hydrogen (secondary N) is 1. The average Bonchev–Trinajstić information content (AvgIpc) is 2.70. The van der Waals surface area contributed by atoms with Gasteiger partial charge in [0, 0.05) is 6.04 Å². The van der Waals surface area contributed by atoms with Crippen molar-refractivity contribution in [2.75, 3.05) is 0 Å². The summed E-state index contributed by atoms with van der Waals surface area (Å²) in [5.41, 5.74) is 0. The summed E-state index contributed by atoms with van der Waals surface area (Å²) < 4.78 is 0. The van der Waals surface area contributed by atoms with Gasteiger partial charge >= 0.3 is 5.97 Å². The summed E-state index contributed by atoms with van der Waals surface area (Å²) in [6.07, 6.45) is 4.61. The average molecular weight is 281 g/mol. The van der Waals surface area contributed by atoms with Crippen LogP contribution < -0.4 is 5.32 Å². The summed E-state index contributed by atoms with van der Waals surface area (Å²) in [4.78, 5) is 23.7. The van der Waals surface area contributed by atoms with Crippen LogP contribution in [0.4, 0.5) is 0 Å². The van der Waals surface area contributed by atoms with Gasteiger partial charge in [-0.3, -0.25) is 9.59 Å². The van der Waals surface area contributed by atoms with Gasteiger partial charge in [0.2, 0.25) is 5.91 Å². The van der Waals surface area contributed by atoms with Gasteiger partial charge in [0.1, 0.15) is 0 Å². The molecule has 0 heterocycles. The Morgan fingerprint density at radius 2 is 1.35 bits per heavy atom. The SMILES string of the molecule is CC1CC(C)CC(NC(=O)[C@H]2CC(C)C[C@H]2C(=O)O)C1. The molecule has 20 heavy (non-hydrogen) atoms. The summed E-state index contributed by atoms with van der Waals surface area (Å²) in [6, 6.07) is 0.228. The molecule has 2 aliphatic carbocycles. The monoisotopic (exact) mass is 281 g/mol. The van der Waals surface area contributed by atoms with Crippen LogP contribution in [0.2, 0.25) is 0 Å². The van der Waals surface area contributed by atoms with Crippen molar-refractivity contribution in [3.05, 3.63) is 0 Å². The summed E-state index contributed by atoms with van der Waals surface area (Å²) >= 11 is 0. The zero-order valence-electron chi connectivity index (χ0n) is 12.8. The van der Waals surface area contributed by atoms with E-state index in [0.29, 0.717) is 30.6 Å². The molecular formula is C16H27NO3. The van der Waals surface area contributed by atoms with Crippen LogP contribution in [0.15, 0.2) is 0 Å². The molecule has 0 bridgehead atoms. The fraction of sp³-hybridized carbons (Fsp3) is 0.875. The molecule has 0 spiro atoms. The molecule has 1 amide bonds. The van der Waals surface area contributed by atoms with Crippen molar-refractivity contribution in [2.45, 2.75) is 58.9 Å². The maximum atomic E-state index is 12.4. The third-order valence-corrected chi connectivity index (χ3v) is 4.98. The first-order valence-electron chi connectivity index (χ1n) is 7.90. The number of rotatable bonds is 3. The van der Waals surface area contributed by atoms with Gasteiger partial charge in [-0.1, -0.05) is 20.8 Å². The van der Waals surface area contributed by atoms with E-state index in [9.17, 15) is 14.7 Å². The Hall–Kier alpha value is -1.06. The first-order chi connectivity index (χ1) is 9.36. The van der Waals surface area contributed by atoms with Gasteiger partial charge in [-0.15, -0.1) is 0 Å². The minimum absolute atomic E-state index is 0.0342. The van der Waals surface area contributed by atoms with E-state index < -0.39 is 11.9 Å². The molecule has 2 saturated carbocycles. The predicted molar refractivity (Wildman–Crippen MR) is 77.1 cm³/mol. The molecule has 4 nitrogen and oxygen atoms in total. The number of carboxylic acid groups (broad SMARTS) is 1. The van der Waals surface area contributed by atoms with Crippen molar-refractivity contribution in [3.63, 3.8) is 0 Å². The van der Waals surface area contributed by atoms with Crippen LogP contribution >= 0.6 is 0 Å². The van der Waals surface area contributed by atoms with Gasteiger partial charge in [-0.05, 0) is 49.9 Å². The maximum absolute atomic E-state index is 12.4. The minimum atomic E-state index is -0.820. The molecule has 0 aromatic rings. The van der Waals surface area contributed by atoms with Gasteiger partial charge in [-0.2, -0.15) is 0 Å². The second kappa shape index (κ2) is 6.15. The Morgan fingerprint density at radius 3 is 1.90 bits per heavy atom. The summed E-state index contributed by atoms with van der Waals surface area (Å²) in [7, 11) is 0. The van der Waals surface area contributed by atoms with Crippen LogP contribution in [0.25, 0.3) is 0 Å². The highest BCUT2D eigenvalue weighted by atomic mass is 16.4. The molecule has 0 aromatic heterocycles. The largest absolute Gasteiger partial charge is 0.481 e. The molecule has 0 radical (unpaired) electrons. The molecular weight excluding hydrogens is 254 g/mol. The smallest absolute Gasteiger partial charge is 0.307 e. The predicted octanol–water partition coefficient (Wildman–Crippen LogP) is 2.67. The highest BCUT2D eigenvalue weighted by molar-refractivity contribution is 5.85. The first kappa shape index (κ1) is 15.3. The van der Waals surface area contributed by atoms with Crippen molar-refractivity contribution in [1.29, 1.82) is 0 Å². The molecule has 0 saturated heterocycles. The van der Waals surface area contributed by atoms with Gasteiger partial charge in [0.15, 0.2) is 0 Å². The number of hydrogen-bond acceptors (Lipinski definition) is 2. The van der Waals surface area contributed by atoms with Crippen molar-refractivity contribution in [1.82, 2.24) is 5.32 Å². The Kier molecular flexibility index (Phi) is 4.71. The Morgan fingerprint density at radius 1 is 0.850 bits per heavy atom. The van der Waals surface area contributed by atoms with Crippen LogP contribution in [0.5, 0.6) is 0 Å². The molecule has 2 aliphatic rings. The Bertz CT molecular complexity index is 372. The fourth-order valence-electron chi connectivity index (χ4n) is 4.23. The number of carbonyl (C=O) groups is 2. The normalized spacial score (nSPS) is 41.4. The number of amides is 1. The molecule has 2 rings (SSSR count). The van der Waals surface area contributed by atoms with E-state index in [0.717, 1.165) is 12.8 Å². The van der Waals surface area contributed by atoms with E-state index >= 15 is 0 Å². The van der Waals surface area contributed by atoms with Crippen LogP contribution in [0.3, 0.4) is 0 Å². The zero-order valence-corrected chi connectivity index (χ0v) is 12.8. The number of aliphatic carboxylic acids is 1. The van der Waals surface area contributed by atoms with Crippen molar-refractivity contribution in [3.8, 4) is 0 Å². The molecule has 3 unspecified atom stereocenters. The molecule has 114 valence electrons. The number of hydrogen-bond donors (Lipinski definition) is 2. The molecule has 4 heteroatoms. The van der Waals surface area contributed by atoms with Crippen LogP contribution in [-0.2, 0) is 9.59 Å². The zero-order chi connectivity index (χ0) is 14.9. The standard InChI is InChI=1S/C16H27NO3/c1-9-4-10(2)6-12(5-9)17-15(18)13-7-11(3)8-14(13)16(19)20/h9-14H,4-8H2,1-3H3,(H,17,18)(H,19,20)/t9?,10?,11?,12?,13-,14+/m0/s1. The molecule has 5 atom stereocenters. The topological polar surface area (TPSA) is 66.4 Å². The van der Waals surface area contributed by atoms with Crippen molar-refractivity contribution in [2.24, 2.45) is 29.6 Å². The molecule has 2 N–H and O–H groups in total. The molecule has 2 fully saturated rings. The van der Waals surface area contributed by atoms with Crippen LogP contribution in [0.1, 0.15) is 52.9 Å². The minimum Gasteiger partial charge on any atom is -0.481 e. The van der Waals surface area contributed by atoms with Crippen LogP contribution in [0, 0.1) is 29.6 Å². The highest BCUT2D eigenvalue weighted by Gasteiger charge is 2.41. The van der Waals surface area contributed by atoms with Gasteiger partial charge in [0.05, 0.1) is 11.8 Å². The van der Waals surface area contributed by atoms with Crippen molar-refractivity contribution >= 4 is 11.9 Å². The first-order valence-corrected chi connectivity index (χ1v) is 7.90. The summed E-state index contributed by atoms with van der Waals surface area (Å²) in [5.74, 6) is -0.0777. The second-order valence-electron chi connectivity index (χ2n) is 7.25. The molecule has 0 aromatic carbocycles. The number of carboxylic acids is 1. The van der Waals surface area contributed by atoms with E-state index in [2.05, 4.69) is 19.2 Å². The van der Waals surface area contributed by atoms with E-state index in [4.69, 9.17) is 0 Å².